The van der Waals surface area contributed by atoms with Crippen LogP contribution in [0, 0.1) is 0 Å². The summed E-state index contributed by atoms with van der Waals surface area (Å²) >= 11 is 0. The van der Waals surface area contributed by atoms with Crippen LogP contribution in [0.3, 0.4) is 0 Å². The Labute approximate surface area is 52.0 Å². The van der Waals surface area contributed by atoms with E-state index < -0.39 is 17.2 Å². The van der Waals surface area contributed by atoms with Crippen molar-refractivity contribution in [2.75, 3.05) is 13.6 Å². The highest BCUT2D eigenvalue weighted by Crippen LogP contribution is 2.05. The van der Waals surface area contributed by atoms with Crippen LogP contribution in [-0.2, 0) is 18.8 Å². The molecule has 2 N–H and O–H groups in total. The van der Waals surface area contributed by atoms with Crippen molar-refractivity contribution in [3.05, 3.63) is 0 Å². The SMILES string of the molecule is O=S1(=O)OCO1.OCO. The minimum absolute atomic E-state index is 0.123. The lowest BCUT2D eigenvalue weighted by Gasteiger charge is -2.10. The standard InChI is InChI=1S/CH2O4S.CH4O2/c2-6(3)4-1-5-6;2-1-3/h1H2;2-3H,1H2. The molecule has 0 saturated carbocycles. The third kappa shape index (κ3) is 4.30. The molecule has 1 saturated heterocycles. The van der Waals surface area contributed by atoms with Crippen molar-refractivity contribution in [2.45, 2.75) is 0 Å². The summed E-state index contributed by atoms with van der Waals surface area (Å²) < 4.78 is 27.0. The molecule has 0 amide bonds. The van der Waals surface area contributed by atoms with E-state index in [1.165, 1.54) is 0 Å². The van der Waals surface area contributed by atoms with Gasteiger partial charge in [0, 0.05) is 0 Å². The smallest absolute Gasteiger partial charge is 0.371 e. The van der Waals surface area contributed by atoms with E-state index >= 15 is 0 Å². The summed E-state index contributed by atoms with van der Waals surface area (Å²) in [5.74, 6) is 0. The number of hydrogen-bond acceptors (Lipinski definition) is 6. The molecule has 7 heteroatoms. The van der Waals surface area contributed by atoms with Crippen LogP contribution in [0.15, 0.2) is 0 Å². The predicted octanol–water partition coefficient (Wildman–Crippen LogP) is -1.84. The summed E-state index contributed by atoms with van der Waals surface area (Å²) in [6.07, 6.45) is 0. The summed E-state index contributed by atoms with van der Waals surface area (Å²) in [7, 11) is -3.48. The van der Waals surface area contributed by atoms with Crippen molar-refractivity contribution < 1.29 is 27.0 Å². The van der Waals surface area contributed by atoms with Gasteiger partial charge in [-0.1, -0.05) is 0 Å². The van der Waals surface area contributed by atoms with Crippen LogP contribution < -0.4 is 0 Å². The van der Waals surface area contributed by atoms with Crippen LogP contribution in [-0.4, -0.2) is 32.2 Å². The molecule has 1 rings (SSSR count). The summed E-state index contributed by atoms with van der Waals surface area (Å²) in [5.41, 5.74) is 0. The molecular weight excluding hydrogens is 152 g/mol. The molecule has 1 heterocycles. The van der Waals surface area contributed by atoms with Gasteiger partial charge in [-0.05, 0) is 0 Å². The topological polar surface area (TPSA) is 93.1 Å². The molecule has 56 valence electrons. The third-order valence-corrected chi connectivity index (χ3v) is 1.15. The molecule has 1 fully saturated rings. The average molecular weight is 158 g/mol. The fraction of sp³-hybridized carbons (Fsp3) is 1.00. The molecule has 0 radical (unpaired) electrons. The van der Waals surface area contributed by atoms with Crippen LogP contribution in [0.1, 0.15) is 0 Å². The molecule has 9 heavy (non-hydrogen) atoms. The molecule has 0 atom stereocenters. The van der Waals surface area contributed by atoms with Crippen molar-refractivity contribution in [3.63, 3.8) is 0 Å². The maximum absolute atomic E-state index is 9.64. The fourth-order valence-electron chi connectivity index (χ4n) is 0.127. The Hall–Kier alpha value is -0.210. The lowest BCUT2D eigenvalue weighted by atomic mass is 11.6. The van der Waals surface area contributed by atoms with Gasteiger partial charge in [-0.3, -0.25) is 0 Å². The zero-order valence-corrected chi connectivity index (χ0v) is 5.17. The van der Waals surface area contributed by atoms with Crippen molar-refractivity contribution >= 4 is 10.4 Å². The van der Waals surface area contributed by atoms with Gasteiger partial charge in [0.2, 0.25) is 0 Å². The van der Waals surface area contributed by atoms with Gasteiger partial charge >= 0.3 is 10.4 Å². The summed E-state index contributed by atoms with van der Waals surface area (Å²) in [6, 6.07) is 0. The first-order valence-corrected chi connectivity index (χ1v) is 3.21. The normalized spacial score (nSPS) is 21.1. The van der Waals surface area contributed by atoms with E-state index in [-0.39, 0.29) is 6.79 Å². The Morgan fingerprint density at radius 1 is 1.33 bits per heavy atom. The van der Waals surface area contributed by atoms with Gasteiger partial charge in [0.25, 0.3) is 0 Å². The summed E-state index contributed by atoms with van der Waals surface area (Å²) in [4.78, 5) is 0. The molecule has 1 aliphatic heterocycles. The predicted molar refractivity (Wildman–Crippen MR) is 25.3 cm³/mol. The molecule has 0 unspecified atom stereocenters. The molecule has 0 bridgehead atoms. The first-order valence-electron chi connectivity index (χ1n) is 1.88. The Kier molecular flexibility index (Phi) is 3.66. The van der Waals surface area contributed by atoms with E-state index in [0.29, 0.717) is 0 Å². The lowest BCUT2D eigenvalue weighted by Crippen LogP contribution is -2.23. The van der Waals surface area contributed by atoms with Gasteiger partial charge in [0.1, 0.15) is 6.79 Å². The van der Waals surface area contributed by atoms with Crippen LogP contribution in [0.25, 0.3) is 0 Å². The van der Waals surface area contributed by atoms with Gasteiger partial charge in [-0.15, -0.1) is 0 Å². The van der Waals surface area contributed by atoms with E-state index in [0.717, 1.165) is 0 Å². The fourth-order valence-corrected chi connectivity index (χ4v) is 0.380. The Bertz CT molecular complexity index is 136. The number of aliphatic hydroxyl groups is 2. The first kappa shape index (κ1) is 8.79. The summed E-state index contributed by atoms with van der Waals surface area (Å²) in [6.45, 7) is -0.873. The van der Waals surface area contributed by atoms with Crippen LogP contribution in [0.2, 0.25) is 0 Å². The zero-order chi connectivity index (χ0) is 7.33. The molecular formula is C2H6O6S. The van der Waals surface area contributed by atoms with E-state index in [4.69, 9.17) is 10.2 Å². The van der Waals surface area contributed by atoms with Gasteiger partial charge in [0.15, 0.2) is 6.79 Å². The van der Waals surface area contributed by atoms with E-state index in [2.05, 4.69) is 8.37 Å². The number of rotatable bonds is 0. The summed E-state index contributed by atoms with van der Waals surface area (Å²) in [5, 5.41) is 14.2. The Balaban J connectivity index is 0.000000187. The van der Waals surface area contributed by atoms with E-state index in [9.17, 15) is 8.42 Å². The highest BCUT2D eigenvalue weighted by molar-refractivity contribution is 7.82. The van der Waals surface area contributed by atoms with Crippen molar-refractivity contribution in [2.24, 2.45) is 0 Å². The minimum Gasteiger partial charge on any atom is -0.371 e. The third-order valence-electron chi connectivity index (χ3n) is 0.385. The van der Waals surface area contributed by atoms with Crippen LogP contribution in [0.4, 0.5) is 0 Å². The van der Waals surface area contributed by atoms with Crippen LogP contribution >= 0.6 is 0 Å². The lowest BCUT2D eigenvalue weighted by molar-refractivity contribution is 0.0224. The van der Waals surface area contributed by atoms with Gasteiger partial charge in [0.05, 0.1) is 0 Å². The second-order valence-corrected chi connectivity index (χ2v) is 2.19. The molecule has 0 spiro atoms. The highest BCUT2D eigenvalue weighted by Gasteiger charge is 2.21. The highest BCUT2D eigenvalue weighted by atomic mass is 32.3. The van der Waals surface area contributed by atoms with E-state index in [1.807, 2.05) is 0 Å². The van der Waals surface area contributed by atoms with Crippen molar-refractivity contribution in [3.8, 4) is 0 Å². The second kappa shape index (κ2) is 3.75. The Morgan fingerprint density at radius 3 is 1.56 bits per heavy atom. The van der Waals surface area contributed by atoms with Gasteiger partial charge < -0.3 is 10.2 Å². The van der Waals surface area contributed by atoms with Gasteiger partial charge in [-0.25, -0.2) is 8.37 Å². The Morgan fingerprint density at radius 2 is 1.56 bits per heavy atom. The molecule has 0 aromatic carbocycles. The molecule has 1 aliphatic rings. The van der Waals surface area contributed by atoms with Gasteiger partial charge in [-0.2, -0.15) is 8.42 Å². The number of aliphatic hydroxyl groups excluding tert-OH is 1. The molecule has 0 aromatic rings. The zero-order valence-electron chi connectivity index (χ0n) is 4.35. The largest absolute Gasteiger partial charge is 0.404 e. The minimum atomic E-state index is -3.48. The quantitative estimate of drug-likeness (QED) is 0.402. The molecule has 0 aromatic heterocycles. The molecule has 0 aliphatic carbocycles. The van der Waals surface area contributed by atoms with E-state index in [1.54, 1.807) is 0 Å². The number of hydrogen-bond donors (Lipinski definition) is 2. The second-order valence-electron chi connectivity index (χ2n) is 0.903. The monoisotopic (exact) mass is 158 g/mol. The van der Waals surface area contributed by atoms with Crippen molar-refractivity contribution in [1.82, 2.24) is 0 Å². The average Bonchev–Trinajstić information content (AvgIpc) is 1.65. The van der Waals surface area contributed by atoms with Crippen LogP contribution in [0.5, 0.6) is 0 Å². The maximum Gasteiger partial charge on any atom is 0.404 e. The molecule has 6 nitrogen and oxygen atoms in total. The maximum atomic E-state index is 9.64. The first-order chi connectivity index (χ1) is 4.12. The van der Waals surface area contributed by atoms with Crippen molar-refractivity contribution in [1.29, 1.82) is 0 Å².